The Morgan fingerprint density at radius 3 is 2.50 bits per heavy atom. The van der Waals surface area contributed by atoms with E-state index < -0.39 is 23.2 Å². The lowest BCUT2D eigenvalue weighted by Gasteiger charge is -2.15. The second kappa shape index (κ2) is 7.53. The molecule has 1 amide bonds. The highest BCUT2D eigenvalue weighted by Crippen LogP contribution is 2.55. The maximum Gasteiger partial charge on any atom is 0.312 e. The summed E-state index contributed by atoms with van der Waals surface area (Å²) in [5.74, 6) is -0.877. The van der Waals surface area contributed by atoms with Gasteiger partial charge in [0.05, 0.1) is 18.4 Å². The van der Waals surface area contributed by atoms with Crippen LogP contribution in [0.2, 0.25) is 0 Å². The van der Waals surface area contributed by atoms with Crippen molar-refractivity contribution in [3.63, 3.8) is 0 Å². The molecular weight excluding hydrogens is 336 g/mol. The summed E-state index contributed by atoms with van der Waals surface area (Å²) in [6.07, 6.45) is 4.14. The highest BCUT2D eigenvalue weighted by molar-refractivity contribution is 5.93. The van der Waals surface area contributed by atoms with Crippen molar-refractivity contribution in [1.82, 2.24) is 10.5 Å². The first-order valence-corrected chi connectivity index (χ1v) is 8.22. The molecule has 136 valence electrons. The fourth-order valence-corrected chi connectivity index (χ4v) is 3.14. The average Bonchev–Trinajstić information content (AvgIpc) is 3.42. The molecule has 26 heavy (non-hydrogen) atoms. The highest BCUT2D eigenvalue weighted by Gasteiger charge is 2.64. The topological polar surface area (TPSA) is 97.8 Å². The molecule has 2 atom stereocenters. The van der Waals surface area contributed by atoms with Crippen LogP contribution in [0.25, 0.3) is 0 Å². The van der Waals surface area contributed by atoms with Crippen LogP contribution in [0.1, 0.15) is 17.5 Å². The van der Waals surface area contributed by atoms with E-state index in [1.165, 1.54) is 7.11 Å². The summed E-state index contributed by atoms with van der Waals surface area (Å²) in [6.45, 7) is 0.437. The SMILES string of the molecule is COC(=O)[C@@]1(Cc2ccc(OCc3ccncc3)cc2)C[C@@H]1C(=O)NO. The molecule has 0 saturated heterocycles. The number of methoxy groups -OCH3 is 1. The number of hydrogen-bond acceptors (Lipinski definition) is 6. The van der Waals surface area contributed by atoms with Gasteiger partial charge in [0.1, 0.15) is 12.4 Å². The van der Waals surface area contributed by atoms with Crippen molar-refractivity contribution in [2.24, 2.45) is 11.3 Å². The lowest BCUT2D eigenvalue weighted by atomic mass is 9.93. The van der Waals surface area contributed by atoms with E-state index >= 15 is 0 Å². The molecule has 0 spiro atoms. The van der Waals surface area contributed by atoms with E-state index in [1.54, 1.807) is 17.9 Å². The fourth-order valence-electron chi connectivity index (χ4n) is 3.14. The summed E-state index contributed by atoms with van der Waals surface area (Å²) in [6, 6.07) is 11.1. The molecule has 7 nitrogen and oxygen atoms in total. The first-order chi connectivity index (χ1) is 12.6. The molecule has 7 heteroatoms. The molecule has 2 aromatic rings. The number of hydroxylamine groups is 1. The van der Waals surface area contributed by atoms with Crippen molar-refractivity contribution < 1.29 is 24.3 Å². The molecule has 1 aliphatic carbocycles. The number of benzene rings is 1. The van der Waals surface area contributed by atoms with Crippen LogP contribution in [0.5, 0.6) is 5.75 Å². The van der Waals surface area contributed by atoms with E-state index in [0.29, 0.717) is 25.2 Å². The van der Waals surface area contributed by atoms with Crippen molar-refractivity contribution in [3.8, 4) is 5.75 Å². The van der Waals surface area contributed by atoms with Crippen molar-refractivity contribution >= 4 is 11.9 Å². The monoisotopic (exact) mass is 356 g/mol. The molecule has 1 aliphatic rings. The van der Waals surface area contributed by atoms with Gasteiger partial charge in [0.15, 0.2) is 0 Å². The van der Waals surface area contributed by atoms with Crippen molar-refractivity contribution in [2.75, 3.05) is 7.11 Å². The van der Waals surface area contributed by atoms with Crippen LogP contribution < -0.4 is 10.2 Å². The Kier molecular flexibility index (Phi) is 5.18. The quantitative estimate of drug-likeness (QED) is 0.447. The minimum atomic E-state index is -0.916. The minimum Gasteiger partial charge on any atom is -0.489 e. The third-order valence-electron chi connectivity index (χ3n) is 4.69. The first kappa shape index (κ1) is 17.9. The van der Waals surface area contributed by atoms with Gasteiger partial charge >= 0.3 is 5.97 Å². The van der Waals surface area contributed by atoms with E-state index in [4.69, 9.17) is 14.7 Å². The Labute approximate surface area is 150 Å². The number of amides is 1. The summed E-state index contributed by atoms with van der Waals surface area (Å²) in [4.78, 5) is 27.8. The van der Waals surface area contributed by atoms with E-state index in [2.05, 4.69) is 4.98 Å². The van der Waals surface area contributed by atoms with Crippen LogP contribution in [-0.2, 0) is 27.4 Å². The summed E-state index contributed by atoms with van der Waals surface area (Å²) in [7, 11) is 1.30. The zero-order chi connectivity index (χ0) is 18.6. The zero-order valence-electron chi connectivity index (χ0n) is 14.3. The van der Waals surface area contributed by atoms with Gasteiger partial charge in [-0.25, -0.2) is 5.48 Å². The summed E-state index contributed by atoms with van der Waals surface area (Å²) < 4.78 is 10.6. The molecule has 1 saturated carbocycles. The van der Waals surface area contributed by atoms with Gasteiger partial charge in [0, 0.05) is 12.4 Å². The third kappa shape index (κ3) is 3.67. The van der Waals surface area contributed by atoms with Crippen LogP contribution in [0.3, 0.4) is 0 Å². The van der Waals surface area contributed by atoms with Gasteiger partial charge < -0.3 is 9.47 Å². The van der Waals surface area contributed by atoms with Crippen LogP contribution in [0, 0.1) is 11.3 Å². The molecule has 1 aromatic heterocycles. The Balaban J connectivity index is 1.64. The average molecular weight is 356 g/mol. The Bertz CT molecular complexity index is 778. The van der Waals surface area contributed by atoms with Gasteiger partial charge in [0.25, 0.3) is 0 Å². The van der Waals surface area contributed by atoms with Crippen LogP contribution in [0.4, 0.5) is 0 Å². The molecule has 1 fully saturated rings. The second-order valence-electron chi connectivity index (χ2n) is 6.35. The molecule has 0 unspecified atom stereocenters. The van der Waals surface area contributed by atoms with E-state index in [1.807, 2.05) is 36.4 Å². The molecule has 1 aromatic carbocycles. The number of nitrogens with zero attached hydrogens (tertiary/aromatic N) is 1. The third-order valence-corrected chi connectivity index (χ3v) is 4.69. The zero-order valence-corrected chi connectivity index (χ0v) is 14.3. The number of esters is 1. The normalized spacial score (nSPS) is 20.9. The molecule has 2 N–H and O–H groups in total. The standard InChI is InChI=1S/C19H20N2O5/c1-25-18(23)19(11-16(19)17(22)21-24)10-13-2-4-15(5-3-13)26-12-14-6-8-20-9-7-14/h2-9,16,24H,10-12H2,1H3,(H,21,22)/t16-,19+/m1/s1. The summed E-state index contributed by atoms with van der Waals surface area (Å²) in [5, 5.41) is 8.82. The molecule has 0 radical (unpaired) electrons. The molecule has 1 heterocycles. The lowest BCUT2D eigenvalue weighted by molar-refractivity contribution is -0.149. The van der Waals surface area contributed by atoms with E-state index in [0.717, 1.165) is 11.1 Å². The Morgan fingerprint density at radius 2 is 1.88 bits per heavy atom. The van der Waals surface area contributed by atoms with Gasteiger partial charge in [-0.1, -0.05) is 12.1 Å². The number of carbonyl (C=O) groups excluding carboxylic acids is 2. The molecule has 3 rings (SSSR count). The first-order valence-electron chi connectivity index (χ1n) is 8.22. The second-order valence-corrected chi connectivity index (χ2v) is 6.35. The van der Waals surface area contributed by atoms with Gasteiger partial charge in [-0.15, -0.1) is 0 Å². The number of aromatic nitrogens is 1. The number of ether oxygens (including phenoxy) is 2. The number of nitrogens with one attached hydrogen (secondary N) is 1. The molecular formula is C19H20N2O5. The lowest BCUT2D eigenvalue weighted by Crippen LogP contribution is -2.30. The molecule has 0 bridgehead atoms. The van der Waals surface area contributed by atoms with Gasteiger partial charge in [-0.2, -0.15) is 0 Å². The number of carbonyl (C=O) groups is 2. The van der Waals surface area contributed by atoms with Gasteiger partial charge in [-0.05, 0) is 48.2 Å². The predicted octanol–water partition coefficient (Wildman–Crippen LogP) is 1.89. The van der Waals surface area contributed by atoms with Gasteiger partial charge in [-0.3, -0.25) is 19.8 Å². The smallest absolute Gasteiger partial charge is 0.312 e. The highest BCUT2D eigenvalue weighted by atomic mass is 16.5. The van der Waals surface area contributed by atoms with Crippen LogP contribution >= 0.6 is 0 Å². The molecule has 0 aliphatic heterocycles. The summed E-state index contributed by atoms with van der Waals surface area (Å²) in [5.41, 5.74) is 2.61. The van der Waals surface area contributed by atoms with Gasteiger partial charge in [0.2, 0.25) is 5.91 Å². The maximum atomic E-state index is 12.1. The van der Waals surface area contributed by atoms with Crippen molar-refractivity contribution in [1.29, 1.82) is 0 Å². The number of hydrogen-bond donors (Lipinski definition) is 2. The van der Waals surface area contributed by atoms with Crippen LogP contribution in [0.15, 0.2) is 48.8 Å². The number of pyridine rings is 1. The Hall–Kier alpha value is -2.93. The van der Waals surface area contributed by atoms with Crippen LogP contribution in [-0.4, -0.2) is 29.2 Å². The maximum absolute atomic E-state index is 12.1. The summed E-state index contributed by atoms with van der Waals surface area (Å²) >= 11 is 0. The van der Waals surface area contributed by atoms with Crippen molar-refractivity contribution in [3.05, 3.63) is 59.9 Å². The van der Waals surface area contributed by atoms with Crippen molar-refractivity contribution in [2.45, 2.75) is 19.4 Å². The number of rotatable bonds is 7. The largest absolute Gasteiger partial charge is 0.489 e. The predicted molar refractivity (Wildman–Crippen MR) is 91.2 cm³/mol. The van der Waals surface area contributed by atoms with E-state index in [9.17, 15) is 9.59 Å². The van der Waals surface area contributed by atoms with E-state index in [-0.39, 0.29) is 0 Å². The fraction of sp³-hybridized carbons (Fsp3) is 0.316. The Morgan fingerprint density at radius 1 is 1.19 bits per heavy atom. The minimum absolute atomic E-state index is 0.354.